The Bertz CT molecular complexity index is 1030. The monoisotopic (exact) mass is 323 g/mol. The summed E-state index contributed by atoms with van der Waals surface area (Å²) < 4.78 is 5.68. The van der Waals surface area contributed by atoms with Gasteiger partial charge in [-0.2, -0.15) is 4.89 Å². The molecular formula is C17H13N3O4. The summed E-state index contributed by atoms with van der Waals surface area (Å²) in [5.74, 6) is 1.29. The highest BCUT2D eigenvalue weighted by Crippen LogP contribution is 2.34. The van der Waals surface area contributed by atoms with E-state index in [9.17, 15) is 5.11 Å². The zero-order valence-electron chi connectivity index (χ0n) is 12.7. The maximum absolute atomic E-state index is 9.60. The number of aromatic nitrogens is 2. The second kappa shape index (κ2) is 5.71. The second-order valence-electron chi connectivity index (χ2n) is 5.09. The van der Waals surface area contributed by atoms with Crippen LogP contribution in [-0.2, 0) is 4.89 Å². The van der Waals surface area contributed by atoms with Gasteiger partial charge in [-0.25, -0.2) is 9.97 Å². The molecule has 0 atom stereocenters. The van der Waals surface area contributed by atoms with Crippen molar-refractivity contribution >= 4 is 33.6 Å². The summed E-state index contributed by atoms with van der Waals surface area (Å²) in [6.07, 6.45) is 1.42. The molecule has 0 amide bonds. The molecule has 2 N–H and O–H groups in total. The maximum Gasteiger partial charge on any atom is 0.232 e. The molecular weight excluding hydrogens is 310 g/mol. The first-order chi connectivity index (χ1) is 11.7. The Morgan fingerprint density at radius 3 is 2.92 bits per heavy atom. The fourth-order valence-corrected chi connectivity index (χ4v) is 2.55. The minimum atomic E-state index is 0.133. The van der Waals surface area contributed by atoms with Crippen LogP contribution < -0.4 is 10.2 Å². The minimum Gasteiger partial charge on any atom is -0.508 e. The van der Waals surface area contributed by atoms with Gasteiger partial charge in [-0.3, -0.25) is 0 Å². The first kappa shape index (κ1) is 14.3. The van der Waals surface area contributed by atoms with Gasteiger partial charge >= 0.3 is 0 Å². The topological polar surface area (TPSA) is 89.6 Å². The number of benzene rings is 2. The van der Waals surface area contributed by atoms with Crippen LogP contribution in [0.2, 0.25) is 0 Å². The zero-order valence-corrected chi connectivity index (χ0v) is 12.7. The molecule has 0 aliphatic carbocycles. The summed E-state index contributed by atoms with van der Waals surface area (Å²) in [5.41, 5.74) is 1.76. The van der Waals surface area contributed by atoms with Crippen molar-refractivity contribution in [1.82, 2.24) is 9.97 Å². The molecule has 0 radical (unpaired) electrons. The highest BCUT2D eigenvalue weighted by Gasteiger charge is 2.14. The second-order valence-corrected chi connectivity index (χ2v) is 5.09. The van der Waals surface area contributed by atoms with Crippen LogP contribution >= 0.6 is 0 Å². The largest absolute Gasteiger partial charge is 0.508 e. The van der Waals surface area contributed by atoms with E-state index in [0.29, 0.717) is 22.9 Å². The molecule has 2 aromatic carbocycles. The van der Waals surface area contributed by atoms with E-state index in [1.54, 1.807) is 30.3 Å². The minimum absolute atomic E-state index is 0.133. The van der Waals surface area contributed by atoms with Crippen molar-refractivity contribution in [3.05, 3.63) is 48.8 Å². The fourth-order valence-electron chi connectivity index (χ4n) is 2.55. The summed E-state index contributed by atoms with van der Waals surface area (Å²) in [6.45, 7) is 0. The smallest absolute Gasteiger partial charge is 0.232 e. The van der Waals surface area contributed by atoms with Gasteiger partial charge in [-0.15, -0.1) is 0 Å². The summed E-state index contributed by atoms with van der Waals surface area (Å²) in [4.78, 5) is 18.1. The fraction of sp³-hybridized carbons (Fsp3) is 0.0588. The summed E-state index contributed by atoms with van der Waals surface area (Å²) in [5, 5.41) is 14.4. The summed E-state index contributed by atoms with van der Waals surface area (Å²) in [6, 6.07) is 12.2. The quantitative estimate of drug-likeness (QED) is 0.436. The van der Waals surface area contributed by atoms with Crippen LogP contribution in [0.25, 0.3) is 22.1 Å². The van der Waals surface area contributed by atoms with Gasteiger partial charge in [-0.1, -0.05) is 6.07 Å². The molecule has 0 aliphatic rings. The highest BCUT2D eigenvalue weighted by atomic mass is 17.2. The van der Waals surface area contributed by atoms with E-state index >= 15 is 0 Å². The SMILES string of the molecule is COOc1cccc(Nc2ncnc3oc4cc(O)ccc4c23)c1. The van der Waals surface area contributed by atoms with E-state index in [1.807, 2.05) is 12.1 Å². The average Bonchev–Trinajstić information content (AvgIpc) is 2.94. The molecule has 4 aromatic rings. The number of hydrogen-bond donors (Lipinski definition) is 2. The first-order valence-corrected chi connectivity index (χ1v) is 7.18. The van der Waals surface area contributed by atoms with Crippen LogP contribution in [0.1, 0.15) is 0 Å². The number of anilines is 2. The van der Waals surface area contributed by atoms with Crippen molar-refractivity contribution in [2.24, 2.45) is 0 Å². The first-order valence-electron chi connectivity index (χ1n) is 7.18. The molecule has 0 saturated heterocycles. The number of phenolic OH excluding ortho intramolecular Hbond substituents is 1. The van der Waals surface area contributed by atoms with Crippen molar-refractivity contribution in [1.29, 1.82) is 0 Å². The van der Waals surface area contributed by atoms with E-state index in [1.165, 1.54) is 13.4 Å². The van der Waals surface area contributed by atoms with Gasteiger partial charge in [0, 0.05) is 23.2 Å². The molecule has 2 aromatic heterocycles. The van der Waals surface area contributed by atoms with Crippen molar-refractivity contribution in [3.63, 3.8) is 0 Å². The molecule has 4 rings (SSSR count). The lowest BCUT2D eigenvalue weighted by Gasteiger charge is -2.08. The van der Waals surface area contributed by atoms with Crippen LogP contribution in [0, 0.1) is 0 Å². The molecule has 0 bridgehead atoms. The van der Waals surface area contributed by atoms with E-state index in [-0.39, 0.29) is 5.75 Å². The number of aromatic hydroxyl groups is 1. The Morgan fingerprint density at radius 2 is 2.04 bits per heavy atom. The maximum atomic E-state index is 9.60. The molecule has 0 aliphatic heterocycles. The Hall–Kier alpha value is -3.32. The Kier molecular flexibility index (Phi) is 3.40. The van der Waals surface area contributed by atoms with Gasteiger partial charge in [0.25, 0.3) is 0 Å². The molecule has 7 nitrogen and oxygen atoms in total. The third-order valence-electron chi connectivity index (χ3n) is 3.53. The van der Waals surface area contributed by atoms with Crippen LogP contribution in [0.5, 0.6) is 11.5 Å². The Balaban J connectivity index is 1.82. The highest BCUT2D eigenvalue weighted by molar-refractivity contribution is 6.09. The van der Waals surface area contributed by atoms with E-state index in [4.69, 9.17) is 9.30 Å². The zero-order chi connectivity index (χ0) is 16.5. The number of rotatable bonds is 4. The predicted octanol–water partition coefficient (Wildman–Crippen LogP) is 3.77. The van der Waals surface area contributed by atoms with E-state index in [2.05, 4.69) is 20.2 Å². The lowest BCUT2D eigenvalue weighted by atomic mass is 10.2. The number of furan rings is 1. The molecule has 2 heterocycles. The lowest BCUT2D eigenvalue weighted by molar-refractivity contribution is -0.178. The molecule has 0 unspecified atom stereocenters. The summed E-state index contributed by atoms with van der Waals surface area (Å²) in [7, 11) is 1.45. The van der Waals surface area contributed by atoms with Crippen molar-refractivity contribution in [3.8, 4) is 11.5 Å². The Morgan fingerprint density at radius 1 is 1.12 bits per heavy atom. The molecule has 7 heteroatoms. The van der Waals surface area contributed by atoms with Crippen LogP contribution in [0.4, 0.5) is 11.5 Å². The predicted molar refractivity (Wildman–Crippen MR) is 88.3 cm³/mol. The van der Waals surface area contributed by atoms with Crippen LogP contribution in [-0.4, -0.2) is 22.2 Å². The molecule has 0 saturated carbocycles. The van der Waals surface area contributed by atoms with Gasteiger partial charge in [0.1, 0.15) is 23.5 Å². The molecule has 0 spiro atoms. The van der Waals surface area contributed by atoms with Gasteiger partial charge < -0.3 is 19.7 Å². The number of hydrogen-bond acceptors (Lipinski definition) is 7. The lowest BCUT2D eigenvalue weighted by Crippen LogP contribution is -1.96. The van der Waals surface area contributed by atoms with Gasteiger partial charge in [0.05, 0.1) is 12.5 Å². The summed E-state index contributed by atoms with van der Waals surface area (Å²) >= 11 is 0. The van der Waals surface area contributed by atoms with Gasteiger partial charge in [0.15, 0.2) is 5.75 Å². The van der Waals surface area contributed by atoms with Crippen molar-refractivity contribution in [2.75, 3.05) is 12.4 Å². The number of fused-ring (bicyclic) bond motifs is 3. The third-order valence-corrected chi connectivity index (χ3v) is 3.53. The standard InChI is InChI=1S/C17H13N3O4/c1-22-24-12-4-2-3-10(7-12)20-16-15-13-6-5-11(21)8-14(13)23-17(15)19-9-18-16/h2-9,21H,1H3,(H,18,19,20). The molecule has 0 fully saturated rings. The van der Waals surface area contributed by atoms with Gasteiger partial charge in [-0.05, 0) is 24.3 Å². The van der Waals surface area contributed by atoms with Crippen LogP contribution in [0.3, 0.4) is 0 Å². The molecule has 120 valence electrons. The normalized spacial score (nSPS) is 11.0. The number of nitrogens with one attached hydrogen (secondary N) is 1. The van der Waals surface area contributed by atoms with Crippen LogP contribution in [0.15, 0.2) is 53.2 Å². The van der Waals surface area contributed by atoms with Crippen molar-refractivity contribution in [2.45, 2.75) is 0 Å². The number of nitrogens with zero attached hydrogens (tertiary/aromatic N) is 2. The number of phenols is 1. The van der Waals surface area contributed by atoms with Gasteiger partial charge in [0.2, 0.25) is 5.71 Å². The Labute approximate surface area is 136 Å². The van der Waals surface area contributed by atoms with E-state index in [0.717, 1.165) is 16.5 Å². The molecule has 24 heavy (non-hydrogen) atoms. The third kappa shape index (κ3) is 2.46. The average molecular weight is 323 g/mol. The van der Waals surface area contributed by atoms with Crippen molar-refractivity contribution < 1.29 is 19.3 Å². The van der Waals surface area contributed by atoms with E-state index < -0.39 is 0 Å².